The minimum Gasteiger partial charge on any atom is -0.258 e. The van der Waals surface area contributed by atoms with E-state index in [9.17, 15) is 23.3 Å². The Hall–Kier alpha value is -2.16. The lowest BCUT2D eigenvalue weighted by Gasteiger charge is -2.08. The Morgan fingerprint density at radius 2 is 2.10 bits per heavy atom. The molecule has 0 fully saturated rings. The van der Waals surface area contributed by atoms with Crippen molar-refractivity contribution in [2.24, 2.45) is 0 Å². The highest BCUT2D eigenvalue weighted by molar-refractivity contribution is 6.20. The second-order valence-electron chi connectivity index (χ2n) is 4.16. The van der Waals surface area contributed by atoms with E-state index in [0.29, 0.717) is 11.8 Å². The van der Waals surface area contributed by atoms with E-state index in [2.05, 4.69) is 10.3 Å². The lowest BCUT2D eigenvalue weighted by molar-refractivity contribution is -0.384. The van der Waals surface area contributed by atoms with Crippen LogP contribution < -0.4 is 0 Å². The van der Waals surface area contributed by atoms with Gasteiger partial charge in [-0.1, -0.05) is 5.21 Å². The van der Waals surface area contributed by atoms with Crippen LogP contribution in [0.2, 0.25) is 0 Å². The topological polar surface area (TPSA) is 73.8 Å². The van der Waals surface area contributed by atoms with Crippen LogP contribution in [0.4, 0.5) is 18.9 Å². The van der Waals surface area contributed by atoms with Crippen LogP contribution in [0.1, 0.15) is 23.6 Å². The first-order chi connectivity index (χ1) is 9.70. The van der Waals surface area contributed by atoms with Gasteiger partial charge in [0, 0.05) is 6.07 Å². The van der Waals surface area contributed by atoms with Crippen LogP contribution in [-0.4, -0.2) is 19.9 Å². The van der Waals surface area contributed by atoms with Gasteiger partial charge in [-0.2, -0.15) is 13.2 Å². The zero-order chi connectivity index (χ0) is 15.8. The third-order valence-corrected chi connectivity index (χ3v) is 2.89. The molecule has 1 unspecified atom stereocenters. The van der Waals surface area contributed by atoms with E-state index in [0.717, 1.165) is 16.8 Å². The Bertz CT molecular complexity index is 684. The number of halogens is 4. The zero-order valence-electron chi connectivity index (χ0n) is 10.5. The van der Waals surface area contributed by atoms with Crippen molar-refractivity contribution in [2.75, 3.05) is 0 Å². The predicted molar refractivity (Wildman–Crippen MR) is 67.3 cm³/mol. The summed E-state index contributed by atoms with van der Waals surface area (Å²) in [4.78, 5) is 10.1. The van der Waals surface area contributed by atoms with Crippen LogP contribution in [0.15, 0.2) is 24.4 Å². The summed E-state index contributed by atoms with van der Waals surface area (Å²) >= 11 is 5.79. The summed E-state index contributed by atoms with van der Waals surface area (Å²) in [6.07, 6.45) is -3.34. The molecule has 1 heterocycles. The molecule has 1 aromatic heterocycles. The molecular formula is C11H8ClF3N4O2. The average Bonchev–Trinajstić information content (AvgIpc) is 2.86. The van der Waals surface area contributed by atoms with E-state index >= 15 is 0 Å². The smallest absolute Gasteiger partial charge is 0.258 e. The molecule has 0 aliphatic heterocycles. The average molecular weight is 321 g/mol. The van der Waals surface area contributed by atoms with Crippen LogP contribution in [0.25, 0.3) is 5.69 Å². The van der Waals surface area contributed by atoms with Crippen molar-refractivity contribution < 1.29 is 18.1 Å². The molecule has 0 bridgehead atoms. The van der Waals surface area contributed by atoms with Crippen molar-refractivity contribution in [1.29, 1.82) is 0 Å². The van der Waals surface area contributed by atoms with E-state index in [-0.39, 0.29) is 5.69 Å². The Labute approximate surface area is 121 Å². The number of aromatic nitrogens is 3. The van der Waals surface area contributed by atoms with Gasteiger partial charge in [0.25, 0.3) is 5.69 Å². The number of nitro groups is 1. The molecule has 0 amide bonds. The molecule has 0 N–H and O–H groups in total. The maximum Gasteiger partial charge on any atom is 0.416 e. The third kappa shape index (κ3) is 3.13. The molecule has 21 heavy (non-hydrogen) atoms. The Balaban J connectivity index is 2.55. The molecule has 1 atom stereocenters. The largest absolute Gasteiger partial charge is 0.416 e. The van der Waals surface area contributed by atoms with Gasteiger partial charge >= 0.3 is 6.18 Å². The fraction of sp³-hybridized carbons (Fsp3) is 0.273. The number of rotatable bonds is 3. The number of hydrogen-bond acceptors (Lipinski definition) is 4. The Morgan fingerprint density at radius 1 is 1.43 bits per heavy atom. The minimum absolute atomic E-state index is 0.121. The minimum atomic E-state index is -4.67. The summed E-state index contributed by atoms with van der Waals surface area (Å²) in [5, 5.41) is 17.8. The molecule has 6 nitrogen and oxygen atoms in total. The monoisotopic (exact) mass is 320 g/mol. The highest BCUT2D eigenvalue weighted by Crippen LogP contribution is 2.34. The molecule has 2 aromatic rings. The second kappa shape index (κ2) is 5.32. The fourth-order valence-electron chi connectivity index (χ4n) is 1.62. The van der Waals surface area contributed by atoms with Crippen LogP contribution in [0.5, 0.6) is 0 Å². The van der Waals surface area contributed by atoms with Gasteiger partial charge in [0.1, 0.15) is 11.4 Å². The molecular weight excluding hydrogens is 313 g/mol. The summed E-state index contributed by atoms with van der Waals surface area (Å²) in [7, 11) is 0. The van der Waals surface area contributed by atoms with Crippen molar-refractivity contribution >= 4 is 17.3 Å². The van der Waals surface area contributed by atoms with Gasteiger partial charge in [-0.15, -0.1) is 16.7 Å². The van der Waals surface area contributed by atoms with Gasteiger partial charge in [0.2, 0.25) is 0 Å². The third-order valence-electron chi connectivity index (χ3n) is 2.66. The summed E-state index contributed by atoms with van der Waals surface area (Å²) in [5.74, 6) is 0. The molecule has 0 saturated carbocycles. The van der Waals surface area contributed by atoms with Crippen molar-refractivity contribution in [1.82, 2.24) is 15.0 Å². The highest BCUT2D eigenvalue weighted by Gasteiger charge is 2.33. The molecule has 0 aliphatic rings. The molecule has 0 radical (unpaired) electrons. The molecule has 2 rings (SSSR count). The first kappa shape index (κ1) is 15.2. The molecule has 0 saturated heterocycles. The zero-order valence-corrected chi connectivity index (χ0v) is 11.3. The Morgan fingerprint density at radius 3 is 2.57 bits per heavy atom. The number of nitrogens with zero attached hydrogens (tertiary/aromatic N) is 4. The maximum atomic E-state index is 12.6. The second-order valence-corrected chi connectivity index (χ2v) is 4.82. The van der Waals surface area contributed by atoms with Gasteiger partial charge < -0.3 is 0 Å². The van der Waals surface area contributed by atoms with Crippen LogP contribution >= 0.6 is 11.6 Å². The molecule has 0 spiro atoms. The quantitative estimate of drug-likeness (QED) is 0.493. The van der Waals surface area contributed by atoms with Gasteiger partial charge in [0.05, 0.1) is 22.1 Å². The standard InChI is InChI=1S/C11H8ClF3N4O2/c1-6(12)8-5-18(17-16-8)9-3-2-7(11(13,14)15)4-10(9)19(20)21/h2-6H,1H3. The number of alkyl halides is 4. The van der Waals surface area contributed by atoms with Gasteiger partial charge in [-0.05, 0) is 19.1 Å². The van der Waals surface area contributed by atoms with Crippen molar-refractivity contribution in [3.63, 3.8) is 0 Å². The first-order valence-corrected chi connectivity index (χ1v) is 6.06. The summed E-state index contributed by atoms with van der Waals surface area (Å²) in [6, 6.07) is 2.17. The molecule has 0 aliphatic carbocycles. The van der Waals surface area contributed by atoms with E-state index in [1.54, 1.807) is 6.92 Å². The summed E-state index contributed by atoms with van der Waals surface area (Å²) in [6.45, 7) is 1.62. The van der Waals surface area contributed by atoms with Gasteiger partial charge in [0.15, 0.2) is 0 Å². The molecule has 112 valence electrons. The summed E-state index contributed by atoms with van der Waals surface area (Å²) in [5.41, 5.74) is -1.59. The maximum absolute atomic E-state index is 12.6. The molecule has 10 heteroatoms. The van der Waals surface area contributed by atoms with Crippen LogP contribution in [-0.2, 0) is 6.18 Å². The van der Waals surface area contributed by atoms with Crippen LogP contribution in [0.3, 0.4) is 0 Å². The normalized spacial score (nSPS) is 13.2. The van der Waals surface area contributed by atoms with Crippen molar-refractivity contribution in [3.8, 4) is 5.69 Å². The van der Waals surface area contributed by atoms with E-state index < -0.39 is 27.7 Å². The fourth-order valence-corrected chi connectivity index (χ4v) is 1.72. The van der Waals surface area contributed by atoms with E-state index in [1.165, 1.54) is 6.20 Å². The van der Waals surface area contributed by atoms with Crippen molar-refractivity contribution in [3.05, 3.63) is 45.8 Å². The van der Waals surface area contributed by atoms with Gasteiger partial charge in [-0.3, -0.25) is 10.1 Å². The first-order valence-electron chi connectivity index (χ1n) is 5.62. The Kier molecular flexibility index (Phi) is 3.86. The van der Waals surface area contributed by atoms with E-state index in [1.807, 2.05) is 0 Å². The highest BCUT2D eigenvalue weighted by atomic mass is 35.5. The number of nitro benzene ring substituents is 1. The lowest BCUT2D eigenvalue weighted by Crippen LogP contribution is -2.08. The number of hydrogen-bond donors (Lipinski definition) is 0. The molecule has 1 aromatic carbocycles. The van der Waals surface area contributed by atoms with Crippen LogP contribution in [0, 0.1) is 10.1 Å². The number of benzene rings is 1. The SMILES string of the molecule is CC(Cl)c1cn(-c2ccc(C(F)(F)F)cc2[N+](=O)[O-])nn1. The lowest BCUT2D eigenvalue weighted by atomic mass is 10.1. The van der Waals surface area contributed by atoms with Gasteiger partial charge in [-0.25, -0.2) is 4.68 Å². The van der Waals surface area contributed by atoms with E-state index in [4.69, 9.17) is 11.6 Å². The predicted octanol–water partition coefficient (Wildman–Crippen LogP) is 3.49. The summed E-state index contributed by atoms with van der Waals surface area (Å²) < 4.78 is 38.8. The van der Waals surface area contributed by atoms with Crippen molar-refractivity contribution in [2.45, 2.75) is 18.5 Å².